The molecular weight excluding hydrogens is 372 g/mol. The molecule has 3 rings (SSSR count). The lowest BCUT2D eigenvalue weighted by Gasteiger charge is -2.19. The molecule has 1 unspecified atom stereocenters. The first kappa shape index (κ1) is 20.1. The van der Waals surface area contributed by atoms with Crippen molar-refractivity contribution in [2.75, 3.05) is 0 Å². The maximum atomic E-state index is 11.0. The van der Waals surface area contributed by atoms with Gasteiger partial charge in [-0.1, -0.05) is 68.9 Å². The fourth-order valence-electron chi connectivity index (χ4n) is 2.91. The van der Waals surface area contributed by atoms with Gasteiger partial charge in [0.05, 0.1) is 4.92 Å². The van der Waals surface area contributed by atoms with E-state index in [9.17, 15) is 10.1 Å². The molecule has 2 aromatic carbocycles. The van der Waals surface area contributed by atoms with Crippen molar-refractivity contribution in [3.8, 4) is 11.4 Å². The van der Waals surface area contributed by atoms with E-state index in [1.165, 1.54) is 23.4 Å². The van der Waals surface area contributed by atoms with E-state index in [1.807, 2.05) is 24.6 Å². The highest BCUT2D eigenvalue weighted by atomic mass is 32.2. The van der Waals surface area contributed by atoms with E-state index in [2.05, 4.69) is 55.2 Å². The third kappa shape index (κ3) is 4.25. The molecule has 0 radical (unpaired) electrons. The molecule has 0 saturated heterocycles. The van der Waals surface area contributed by atoms with Gasteiger partial charge in [0, 0.05) is 30.0 Å². The van der Waals surface area contributed by atoms with E-state index < -0.39 is 0 Å². The summed E-state index contributed by atoms with van der Waals surface area (Å²) >= 11 is 1.53. The molecule has 28 heavy (non-hydrogen) atoms. The SMILES string of the molecule is CC(Sc1nnc(-c2ccc(C(C)(C)C)cc2)n1C)c1cccc([N+](=O)[O-])c1. The number of thioether (sulfide) groups is 1. The van der Waals surface area contributed by atoms with E-state index in [1.54, 1.807) is 12.1 Å². The number of nitrogens with zero attached hydrogens (tertiary/aromatic N) is 4. The van der Waals surface area contributed by atoms with E-state index in [-0.39, 0.29) is 21.3 Å². The predicted molar refractivity (Wildman–Crippen MR) is 113 cm³/mol. The highest BCUT2D eigenvalue weighted by Gasteiger charge is 2.18. The highest BCUT2D eigenvalue weighted by Crippen LogP contribution is 2.36. The van der Waals surface area contributed by atoms with Gasteiger partial charge in [-0.3, -0.25) is 10.1 Å². The first-order valence-electron chi connectivity index (χ1n) is 9.08. The molecule has 0 saturated carbocycles. The second-order valence-electron chi connectivity index (χ2n) is 7.80. The number of hydrogen-bond donors (Lipinski definition) is 0. The van der Waals surface area contributed by atoms with Gasteiger partial charge in [-0.05, 0) is 23.5 Å². The number of hydrogen-bond acceptors (Lipinski definition) is 5. The van der Waals surface area contributed by atoms with Gasteiger partial charge in [-0.25, -0.2) is 0 Å². The van der Waals surface area contributed by atoms with Crippen LogP contribution in [0.15, 0.2) is 53.7 Å². The lowest BCUT2D eigenvalue weighted by Crippen LogP contribution is -2.10. The molecular formula is C21H24N4O2S. The Labute approximate surface area is 169 Å². The average Bonchev–Trinajstić information content (AvgIpc) is 3.01. The quantitative estimate of drug-likeness (QED) is 0.321. The Kier molecular flexibility index (Phi) is 5.56. The van der Waals surface area contributed by atoms with Gasteiger partial charge in [0.25, 0.3) is 5.69 Å². The normalized spacial score (nSPS) is 12.8. The van der Waals surface area contributed by atoms with Crippen LogP contribution in [0.3, 0.4) is 0 Å². The van der Waals surface area contributed by atoms with Crippen LogP contribution in [0.1, 0.15) is 44.1 Å². The van der Waals surface area contributed by atoms with Gasteiger partial charge in [-0.2, -0.15) is 0 Å². The Morgan fingerprint density at radius 2 is 1.79 bits per heavy atom. The Morgan fingerprint density at radius 3 is 2.39 bits per heavy atom. The topological polar surface area (TPSA) is 73.8 Å². The minimum absolute atomic E-state index is 0.0129. The number of aromatic nitrogens is 3. The van der Waals surface area contributed by atoms with Crippen molar-refractivity contribution in [1.29, 1.82) is 0 Å². The summed E-state index contributed by atoms with van der Waals surface area (Å²) in [6.07, 6.45) is 0. The predicted octanol–water partition coefficient (Wildman–Crippen LogP) is 5.54. The molecule has 146 valence electrons. The van der Waals surface area contributed by atoms with Crippen LogP contribution in [0.25, 0.3) is 11.4 Å². The van der Waals surface area contributed by atoms with Crippen molar-refractivity contribution in [3.05, 3.63) is 69.8 Å². The van der Waals surface area contributed by atoms with Crippen molar-refractivity contribution in [2.24, 2.45) is 7.05 Å². The summed E-state index contributed by atoms with van der Waals surface area (Å²) in [4.78, 5) is 10.6. The molecule has 0 bridgehead atoms. The second-order valence-corrected chi connectivity index (χ2v) is 9.11. The number of non-ortho nitro benzene ring substituents is 1. The van der Waals surface area contributed by atoms with Gasteiger partial charge in [0.2, 0.25) is 0 Å². The molecule has 3 aromatic rings. The standard InChI is InChI=1S/C21H24N4O2S/c1-14(16-7-6-8-18(13-16)25(26)27)28-20-23-22-19(24(20)5)15-9-11-17(12-10-15)21(2,3)4/h6-14H,1-5H3. The highest BCUT2D eigenvalue weighted by molar-refractivity contribution is 7.99. The zero-order valence-electron chi connectivity index (χ0n) is 16.7. The maximum absolute atomic E-state index is 11.0. The van der Waals surface area contributed by atoms with Crippen LogP contribution in [0.4, 0.5) is 5.69 Å². The molecule has 0 aliphatic rings. The second kappa shape index (κ2) is 7.75. The maximum Gasteiger partial charge on any atom is 0.269 e. The summed E-state index contributed by atoms with van der Waals surface area (Å²) in [5.74, 6) is 0.800. The van der Waals surface area contributed by atoms with Gasteiger partial charge < -0.3 is 4.57 Å². The van der Waals surface area contributed by atoms with E-state index in [4.69, 9.17) is 0 Å². The van der Waals surface area contributed by atoms with Crippen LogP contribution in [-0.4, -0.2) is 19.7 Å². The first-order valence-corrected chi connectivity index (χ1v) is 9.96. The van der Waals surface area contributed by atoms with Crippen LogP contribution in [0.2, 0.25) is 0 Å². The lowest BCUT2D eigenvalue weighted by atomic mass is 9.87. The summed E-state index contributed by atoms with van der Waals surface area (Å²) in [5.41, 5.74) is 3.37. The summed E-state index contributed by atoms with van der Waals surface area (Å²) in [5, 5.41) is 20.5. The van der Waals surface area contributed by atoms with E-state index in [0.29, 0.717) is 0 Å². The molecule has 0 amide bonds. The van der Waals surface area contributed by atoms with Crippen LogP contribution in [-0.2, 0) is 12.5 Å². The largest absolute Gasteiger partial charge is 0.305 e. The molecule has 1 heterocycles. The number of benzene rings is 2. The molecule has 0 aliphatic carbocycles. The van der Waals surface area contributed by atoms with Crippen molar-refractivity contribution in [1.82, 2.24) is 14.8 Å². The number of rotatable bonds is 5. The fraction of sp³-hybridized carbons (Fsp3) is 0.333. The smallest absolute Gasteiger partial charge is 0.269 e. The van der Waals surface area contributed by atoms with Crippen LogP contribution in [0.5, 0.6) is 0 Å². The summed E-state index contributed by atoms with van der Waals surface area (Å²) in [6.45, 7) is 8.58. The van der Waals surface area contributed by atoms with Crippen LogP contribution >= 0.6 is 11.8 Å². The minimum Gasteiger partial charge on any atom is -0.305 e. The molecule has 6 nitrogen and oxygen atoms in total. The molecule has 1 atom stereocenters. The van der Waals surface area contributed by atoms with Crippen LogP contribution in [0, 0.1) is 10.1 Å². The van der Waals surface area contributed by atoms with Crippen LogP contribution < -0.4 is 0 Å². The van der Waals surface area contributed by atoms with E-state index >= 15 is 0 Å². The average molecular weight is 397 g/mol. The van der Waals surface area contributed by atoms with E-state index in [0.717, 1.165) is 22.1 Å². The lowest BCUT2D eigenvalue weighted by molar-refractivity contribution is -0.384. The Morgan fingerprint density at radius 1 is 1.11 bits per heavy atom. The molecule has 0 aliphatic heterocycles. The van der Waals surface area contributed by atoms with Gasteiger partial charge in [0.1, 0.15) is 0 Å². The van der Waals surface area contributed by atoms with Gasteiger partial charge in [0.15, 0.2) is 11.0 Å². The molecule has 0 spiro atoms. The molecule has 0 fully saturated rings. The number of nitro groups is 1. The minimum atomic E-state index is -0.372. The Bertz CT molecular complexity index is 990. The molecule has 1 aromatic heterocycles. The first-order chi connectivity index (χ1) is 13.2. The molecule has 0 N–H and O–H groups in total. The Hall–Kier alpha value is -2.67. The van der Waals surface area contributed by atoms with Gasteiger partial charge in [-0.15, -0.1) is 10.2 Å². The zero-order chi connectivity index (χ0) is 20.5. The van der Waals surface area contributed by atoms with Gasteiger partial charge >= 0.3 is 0 Å². The monoisotopic (exact) mass is 396 g/mol. The van der Waals surface area contributed by atoms with Crippen molar-refractivity contribution >= 4 is 17.4 Å². The Balaban J connectivity index is 1.81. The summed E-state index contributed by atoms with van der Waals surface area (Å²) in [6, 6.07) is 15.1. The van der Waals surface area contributed by atoms with Crippen molar-refractivity contribution in [2.45, 2.75) is 43.5 Å². The number of nitro benzene ring substituents is 1. The summed E-state index contributed by atoms with van der Waals surface area (Å²) < 4.78 is 1.96. The summed E-state index contributed by atoms with van der Waals surface area (Å²) in [7, 11) is 1.94. The zero-order valence-corrected chi connectivity index (χ0v) is 17.5. The third-order valence-electron chi connectivity index (χ3n) is 4.68. The van der Waals surface area contributed by atoms with Crippen molar-refractivity contribution in [3.63, 3.8) is 0 Å². The fourth-order valence-corrected chi connectivity index (χ4v) is 3.84. The van der Waals surface area contributed by atoms with Crippen molar-refractivity contribution < 1.29 is 4.92 Å². The third-order valence-corrected chi connectivity index (χ3v) is 5.87. The molecule has 7 heteroatoms.